The van der Waals surface area contributed by atoms with Crippen molar-refractivity contribution in [3.8, 4) is 0 Å². The largest absolute Gasteiger partial charge is 0.357 e. The molecular formula is C13H11BrN4S2. The van der Waals surface area contributed by atoms with E-state index in [9.17, 15) is 0 Å². The van der Waals surface area contributed by atoms with Gasteiger partial charge in [-0.25, -0.2) is 15.0 Å². The topological polar surface area (TPSA) is 50.7 Å². The lowest BCUT2D eigenvalue weighted by Crippen LogP contribution is -1.97. The molecule has 0 amide bonds. The summed E-state index contributed by atoms with van der Waals surface area (Å²) >= 11 is 6.74. The van der Waals surface area contributed by atoms with Crippen molar-refractivity contribution in [2.75, 3.05) is 12.4 Å². The summed E-state index contributed by atoms with van der Waals surface area (Å²) in [6, 6.07) is 6.00. The summed E-state index contributed by atoms with van der Waals surface area (Å²) in [5.41, 5.74) is 0. The van der Waals surface area contributed by atoms with Crippen LogP contribution < -0.4 is 5.32 Å². The minimum atomic E-state index is 0.633. The molecule has 3 aromatic heterocycles. The van der Waals surface area contributed by atoms with Gasteiger partial charge in [-0.1, -0.05) is 0 Å². The zero-order valence-electron chi connectivity index (χ0n) is 10.8. The van der Waals surface area contributed by atoms with Gasteiger partial charge in [0.25, 0.3) is 0 Å². The molecule has 102 valence electrons. The number of hydrogen-bond donors (Lipinski definition) is 1. The third-order valence-corrected chi connectivity index (χ3v) is 5.49. The molecule has 0 aromatic carbocycles. The molecule has 20 heavy (non-hydrogen) atoms. The number of pyridine rings is 1. The van der Waals surface area contributed by atoms with E-state index in [1.54, 1.807) is 29.3 Å². The molecule has 0 aliphatic carbocycles. The molecule has 4 nitrogen and oxygen atoms in total. The van der Waals surface area contributed by atoms with Crippen molar-refractivity contribution in [1.29, 1.82) is 0 Å². The Bertz CT molecular complexity index is 772. The molecular weight excluding hydrogens is 356 g/mol. The third-order valence-electron chi connectivity index (χ3n) is 2.62. The van der Waals surface area contributed by atoms with Gasteiger partial charge in [-0.15, -0.1) is 11.3 Å². The minimum Gasteiger partial charge on any atom is -0.357 e. The molecule has 3 heterocycles. The van der Waals surface area contributed by atoms with Crippen molar-refractivity contribution in [3.63, 3.8) is 0 Å². The van der Waals surface area contributed by atoms with Gasteiger partial charge < -0.3 is 5.32 Å². The van der Waals surface area contributed by atoms with Crippen molar-refractivity contribution < 1.29 is 0 Å². The quantitative estimate of drug-likeness (QED) is 0.698. The molecule has 1 N–H and O–H groups in total. The molecule has 0 aliphatic rings. The first-order chi connectivity index (χ1) is 9.67. The molecule has 0 bridgehead atoms. The standard InChI is InChI=1S/C13H11BrN4S2/c1-7-6-8-10(19-7)17-13(15-2)18-11(8)20-12-9(14)4-3-5-16-12/h3-6H,1-2H3,(H,15,17,18). The Morgan fingerprint density at radius 3 is 2.90 bits per heavy atom. The predicted molar refractivity (Wildman–Crippen MR) is 87.8 cm³/mol. The number of thiophene rings is 1. The highest BCUT2D eigenvalue weighted by Crippen LogP contribution is 2.37. The molecule has 3 rings (SSSR count). The lowest BCUT2D eigenvalue weighted by molar-refractivity contribution is 1.07. The molecule has 7 heteroatoms. The van der Waals surface area contributed by atoms with Crippen molar-refractivity contribution in [1.82, 2.24) is 15.0 Å². The van der Waals surface area contributed by atoms with E-state index < -0.39 is 0 Å². The minimum absolute atomic E-state index is 0.633. The van der Waals surface area contributed by atoms with Crippen LogP contribution in [-0.2, 0) is 0 Å². The van der Waals surface area contributed by atoms with Crippen molar-refractivity contribution in [2.24, 2.45) is 0 Å². The summed E-state index contributed by atoms with van der Waals surface area (Å²) in [6.07, 6.45) is 1.78. The monoisotopic (exact) mass is 366 g/mol. The number of anilines is 1. The summed E-state index contributed by atoms with van der Waals surface area (Å²) in [4.78, 5) is 15.7. The summed E-state index contributed by atoms with van der Waals surface area (Å²) in [5.74, 6) is 0.633. The van der Waals surface area contributed by atoms with E-state index in [-0.39, 0.29) is 0 Å². The van der Waals surface area contributed by atoms with Crippen molar-refractivity contribution in [3.05, 3.63) is 33.7 Å². The van der Waals surface area contributed by atoms with Gasteiger partial charge in [0.2, 0.25) is 5.95 Å². The average Bonchev–Trinajstić information content (AvgIpc) is 2.81. The lowest BCUT2D eigenvalue weighted by atomic mass is 10.4. The Hall–Kier alpha value is -1.18. The molecule has 0 saturated heterocycles. The zero-order valence-corrected chi connectivity index (χ0v) is 14.1. The first-order valence-corrected chi connectivity index (χ1v) is 8.34. The maximum Gasteiger partial charge on any atom is 0.224 e. The number of nitrogens with one attached hydrogen (secondary N) is 1. The number of hydrogen-bond acceptors (Lipinski definition) is 6. The Morgan fingerprint density at radius 2 is 2.15 bits per heavy atom. The van der Waals surface area contributed by atoms with E-state index in [2.05, 4.69) is 49.2 Å². The smallest absolute Gasteiger partial charge is 0.224 e. The van der Waals surface area contributed by atoms with Crippen LogP contribution in [0, 0.1) is 6.92 Å². The van der Waals surface area contributed by atoms with Crippen LogP contribution in [0.25, 0.3) is 10.2 Å². The van der Waals surface area contributed by atoms with Gasteiger partial charge in [0.05, 0.1) is 4.47 Å². The van der Waals surface area contributed by atoms with E-state index in [4.69, 9.17) is 0 Å². The second-order valence-electron chi connectivity index (χ2n) is 4.07. The maximum absolute atomic E-state index is 4.56. The number of halogens is 1. The average molecular weight is 367 g/mol. The molecule has 0 atom stereocenters. The Kier molecular flexibility index (Phi) is 3.91. The highest BCUT2D eigenvalue weighted by Gasteiger charge is 2.13. The van der Waals surface area contributed by atoms with E-state index in [0.29, 0.717) is 5.95 Å². The van der Waals surface area contributed by atoms with Gasteiger partial charge in [0.1, 0.15) is 14.9 Å². The first-order valence-electron chi connectivity index (χ1n) is 5.91. The Balaban J connectivity index is 2.12. The van der Waals surface area contributed by atoms with Crippen LogP contribution in [-0.4, -0.2) is 22.0 Å². The number of aromatic nitrogens is 3. The van der Waals surface area contributed by atoms with Gasteiger partial charge in [-0.2, -0.15) is 0 Å². The first kappa shape index (κ1) is 13.8. The van der Waals surface area contributed by atoms with E-state index in [1.165, 1.54) is 4.88 Å². The van der Waals surface area contributed by atoms with Crippen LogP contribution in [0.2, 0.25) is 0 Å². The normalized spacial score (nSPS) is 10.9. The highest BCUT2D eigenvalue weighted by molar-refractivity contribution is 9.10. The van der Waals surface area contributed by atoms with Crippen LogP contribution in [0.4, 0.5) is 5.95 Å². The molecule has 0 aliphatic heterocycles. The lowest BCUT2D eigenvalue weighted by Gasteiger charge is -2.05. The van der Waals surface area contributed by atoms with Gasteiger partial charge in [0, 0.05) is 23.5 Å². The van der Waals surface area contributed by atoms with Crippen molar-refractivity contribution >= 4 is 55.2 Å². The fraction of sp³-hybridized carbons (Fsp3) is 0.154. The summed E-state index contributed by atoms with van der Waals surface area (Å²) in [5, 5.41) is 5.91. The van der Waals surface area contributed by atoms with Crippen LogP contribution in [0.3, 0.4) is 0 Å². The fourth-order valence-corrected chi connectivity index (χ4v) is 4.05. The van der Waals surface area contributed by atoms with Gasteiger partial charge in [0.15, 0.2) is 0 Å². The molecule has 0 unspecified atom stereocenters. The second kappa shape index (κ2) is 5.67. The SMILES string of the molecule is CNc1nc(Sc2ncccc2Br)c2cc(C)sc2n1. The van der Waals surface area contributed by atoms with E-state index >= 15 is 0 Å². The summed E-state index contributed by atoms with van der Waals surface area (Å²) < 4.78 is 0.967. The summed E-state index contributed by atoms with van der Waals surface area (Å²) in [6.45, 7) is 2.08. The van der Waals surface area contributed by atoms with Gasteiger partial charge in [-0.3, -0.25) is 0 Å². The molecule has 3 aromatic rings. The van der Waals surface area contributed by atoms with E-state index in [1.807, 2.05) is 19.2 Å². The fourth-order valence-electron chi connectivity index (χ4n) is 1.74. The Labute approximate surface area is 133 Å². The van der Waals surface area contributed by atoms with Crippen LogP contribution >= 0.6 is 39.0 Å². The number of fused-ring (bicyclic) bond motifs is 1. The maximum atomic E-state index is 4.56. The summed E-state index contributed by atoms with van der Waals surface area (Å²) in [7, 11) is 1.83. The highest BCUT2D eigenvalue weighted by atomic mass is 79.9. The molecule has 0 fully saturated rings. The van der Waals surface area contributed by atoms with Crippen LogP contribution in [0.5, 0.6) is 0 Å². The van der Waals surface area contributed by atoms with Gasteiger partial charge >= 0.3 is 0 Å². The zero-order chi connectivity index (χ0) is 14.1. The third kappa shape index (κ3) is 2.65. The number of rotatable bonds is 3. The number of aryl methyl sites for hydroxylation is 1. The van der Waals surface area contributed by atoms with Crippen molar-refractivity contribution in [2.45, 2.75) is 17.0 Å². The number of nitrogens with zero attached hydrogens (tertiary/aromatic N) is 3. The van der Waals surface area contributed by atoms with Gasteiger partial charge in [-0.05, 0) is 52.8 Å². The van der Waals surface area contributed by atoms with E-state index in [0.717, 1.165) is 24.7 Å². The molecule has 0 radical (unpaired) electrons. The molecule has 0 spiro atoms. The second-order valence-corrected chi connectivity index (χ2v) is 7.14. The molecule has 0 saturated carbocycles. The van der Waals surface area contributed by atoms with Crippen LogP contribution in [0.15, 0.2) is 38.9 Å². The predicted octanol–water partition coefficient (Wildman–Crippen LogP) is 4.35. The Morgan fingerprint density at radius 1 is 1.30 bits per heavy atom. The van der Waals surface area contributed by atoms with Crippen LogP contribution in [0.1, 0.15) is 4.88 Å².